The number of hydrogen-bond acceptors (Lipinski definition) is 1. The second kappa shape index (κ2) is 16.0. The largest absolute Gasteiger partial charge is 0.494 e. The Labute approximate surface area is 219 Å². The minimum atomic E-state index is -0.733. The molecule has 1 saturated carbocycles. The van der Waals surface area contributed by atoms with Crippen LogP contribution in [0, 0.1) is 23.5 Å². The molecule has 0 unspecified atom stereocenters. The summed E-state index contributed by atoms with van der Waals surface area (Å²) in [5.41, 5.74) is 1.51. The van der Waals surface area contributed by atoms with E-state index in [0.29, 0.717) is 35.6 Å². The van der Waals surface area contributed by atoms with Gasteiger partial charge < -0.3 is 4.74 Å². The van der Waals surface area contributed by atoms with Crippen LogP contribution in [0.2, 0.25) is 0 Å². The lowest BCUT2D eigenvalue weighted by Gasteiger charge is -2.26. The Morgan fingerprint density at radius 3 is 1.97 bits per heavy atom. The summed E-state index contributed by atoms with van der Waals surface area (Å²) in [4.78, 5) is 0. The molecule has 0 N–H and O–H groups in total. The molecule has 0 spiro atoms. The molecule has 0 bridgehead atoms. The van der Waals surface area contributed by atoms with Crippen LogP contribution in [0.3, 0.4) is 0 Å². The molecule has 0 amide bonds. The van der Waals surface area contributed by atoms with E-state index in [1.807, 2.05) is 24.3 Å². The van der Waals surface area contributed by atoms with Crippen molar-refractivity contribution < 1.29 is 13.5 Å². The normalized spacial score (nSPS) is 17.9. The first-order valence-corrected chi connectivity index (χ1v) is 14.8. The molecule has 1 aliphatic carbocycles. The van der Waals surface area contributed by atoms with Crippen LogP contribution in [0.25, 0.3) is 11.1 Å². The maximum atomic E-state index is 14.9. The summed E-state index contributed by atoms with van der Waals surface area (Å²) in [6, 6.07) is 10.9. The minimum Gasteiger partial charge on any atom is -0.494 e. The van der Waals surface area contributed by atoms with Crippen molar-refractivity contribution in [2.75, 3.05) is 6.61 Å². The molecule has 3 rings (SSSR count). The Morgan fingerprint density at radius 2 is 1.33 bits per heavy atom. The highest BCUT2D eigenvalue weighted by Gasteiger charge is 2.20. The van der Waals surface area contributed by atoms with Gasteiger partial charge in [0.1, 0.15) is 5.75 Å². The van der Waals surface area contributed by atoms with Crippen molar-refractivity contribution >= 4 is 0 Å². The van der Waals surface area contributed by atoms with Gasteiger partial charge in [-0.05, 0) is 54.4 Å². The van der Waals surface area contributed by atoms with Crippen LogP contribution in [0.4, 0.5) is 8.78 Å². The van der Waals surface area contributed by atoms with Crippen molar-refractivity contribution in [1.82, 2.24) is 0 Å². The van der Waals surface area contributed by atoms with Gasteiger partial charge in [-0.15, -0.1) is 0 Å². The Bertz CT molecular complexity index is 868. The van der Waals surface area contributed by atoms with E-state index in [0.717, 1.165) is 24.5 Å². The van der Waals surface area contributed by atoms with Crippen molar-refractivity contribution in [3.63, 3.8) is 0 Å². The molecule has 0 heterocycles. The third kappa shape index (κ3) is 9.52. The molecular weight excluding hydrogens is 450 g/mol. The fraction of sp³-hybridized carbons (Fsp3) is 0.636. The lowest BCUT2D eigenvalue weighted by molar-refractivity contribution is 0.277. The van der Waals surface area contributed by atoms with E-state index in [2.05, 4.69) is 13.8 Å². The Morgan fingerprint density at radius 1 is 0.722 bits per heavy atom. The fourth-order valence-electron chi connectivity index (χ4n) is 5.49. The second-order valence-electron chi connectivity index (χ2n) is 11.1. The van der Waals surface area contributed by atoms with Crippen LogP contribution in [0.15, 0.2) is 36.4 Å². The molecule has 0 aromatic heterocycles. The number of aryl methyl sites for hydroxylation is 1. The van der Waals surface area contributed by atoms with Gasteiger partial charge in [0.25, 0.3) is 0 Å². The highest BCUT2D eigenvalue weighted by molar-refractivity contribution is 5.65. The predicted octanol–water partition coefficient (Wildman–Crippen LogP) is 10.7. The Kier molecular flexibility index (Phi) is 12.8. The van der Waals surface area contributed by atoms with Crippen molar-refractivity contribution in [2.24, 2.45) is 11.8 Å². The van der Waals surface area contributed by atoms with Crippen molar-refractivity contribution in [3.8, 4) is 16.9 Å². The van der Waals surface area contributed by atoms with Gasteiger partial charge in [-0.2, -0.15) is 0 Å². The monoisotopic (exact) mass is 498 g/mol. The molecule has 0 aliphatic heterocycles. The fourth-order valence-corrected chi connectivity index (χ4v) is 5.49. The number of unbranched alkanes of at least 4 members (excludes halogenated alkanes) is 9. The minimum absolute atomic E-state index is 0.323. The molecule has 0 saturated heterocycles. The van der Waals surface area contributed by atoms with Gasteiger partial charge in [0.2, 0.25) is 0 Å². The zero-order valence-electron chi connectivity index (χ0n) is 22.8. The molecule has 2 aromatic carbocycles. The summed E-state index contributed by atoms with van der Waals surface area (Å²) in [6.45, 7) is 5.27. The van der Waals surface area contributed by atoms with E-state index in [1.54, 1.807) is 12.1 Å². The molecule has 2 aromatic rings. The first kappa shape index (κ1) is 28.7. The SMILES string of the molecule is CCCCCCCCCCCCOc1ccc(-c2ccc(CCC3CCC(C)CC3)c(F)c2F)cc1. The third-order valence-electron chi connectivity index (χ3n) is 8.05. The smallest absolute Gasteiger partial charge is 0.166 e. The van der Waals surface area contributed by atoms with Crippen LogP contribution in [0.5, 0.6) is 5.75 Å². The average molecular weight is 499 g/mol. The zero-order chi connectivity index (χ0) is 25.6. The van der Waals surface area contributed by atoms with Crippen LogP contribution in [-0.2, 0) is 6.42 Å². The average Bonchev–Trinajstić information content (AvgIpc) is 2.89. The standard InChI is InChI=1S/C33H48F2O/c1-3-4-5-6-7-8-9-10-11-12-25-36-30-22-19-28(20-23-30)31-24-21-29(32(34)33(31)35)18-17-27-15-13-26(2)14-16-27/h19-24,26-27H,3-18,25H2,1-2H3. The first-order valence-electron chi connectivity index (χ1n) is 14.8. The van der Waals surface area contributed by atoms with Gasteiger partial charge in [-0.1, -0.05) is 122 Å². The zero-order valence-corrected chi connectivity index (χ0v) is 22.8. The summed E-state index contributed by atoms with van der Waals surface area (Å²) >= 11 is 0. The number of ether oxygens (including phenoxy) is 1. The molecular formula is C33H48F2O. The quantitative estimate of drug-likeness (QED) is 0.209. The third-order valence-corrected chi connectivity index (χ3v) is 8.05. The first-order chi connectivity index (χ1) is 17.6. The van der Waals surface area contributed by atoms with E-state index in [4.69, 9.17) is 4.74 Å². The molecule has 1 nitrogen and oxygen atoms in total. The number of hydrogen-bond donors (Lipinski definition) is 0. The van der Waals surface area contributed by atoms with Crippen molar-refractivity contribution in [3.05, 3.63) is 53.6 Å². The molecule has 200 valence electrons. The van der Waals surface area contributed by atoms with Gasteiger partial charge >= 0.3 is 0 Å². The van der Waals surface area contributed by atoms with E-state index in [9.17, 15) is 8.78 Å². The van der Waals surface area contributed by atoms with Crippen LogP contribution < -0.4 is 4.74 Å². The lowest BCUT2D eigenvalue weighted by Crippen LogP contribution is -2.13. The maximum Gasteiger partial charge on any atom is 0.166 e. The van der Waals surface area contributed by atoms with Crippen molar-refractivity contribution in [2.45, 2.75) is 117 Å². The van der Waals surface area contributed by atoms with Gasteiger partial charge in [-0.3, -0.25) is 0 Å². The van der Waals surface area contributed by atoms with Gasteiger partial charge in [0.15, 0.2) is 11.6 Å². The summed E-state index contributed by atoms with van der Waals surface area (Å²) in [6.07, 6.45) is 19.6. The predicted molar refractivity (Wildman–Crippen MR) is 149 cm³/mol. The maximum absolute atomic E-state index is 14.9. The topological polar surface area (TPSA) is 9.23 Å². The highest BCUT2D eigenvalue weighted by Crippen LogP contribution is 2.33. The van der Waals surface area contributed by atoms with Gasteiger partial charge in [-0.25, -0.2) is 8.78 Å². The molecule has 1 aliphatic rings. The molecule has 0 radical (unpaired) electrons. The van der Waals surface area contributed by atoms with E-state index in [1.165, 1.54) is 83.5 Å². The second-order valence-corrected chi connectivity index (χ2v) is 11.1. The van der Waals surface area contributed by atoms with E-state index < -0.39 is 11.6 Å². The van der Waals surface area contributed by atoms with Crippen LogP contribution in [0.1, 0.15) is 116 Å². The van der Waals surface area contributed by atoms with E-state index >= 15 is 0 Å². The number of benzene rings is 2. The molecule has 3 heteroatoms. The summed E-state index contributed by atoms with van der Waals surface area (Å²) < 4.78 is 35.6. The Hall–Kier alpha value is -1.90. The highest BCUT2D eigenvalue weighted by atomic mass is 19.2. The summed E-state index contributed by atoms with van der Waals surface area (Å²) in [5, 5.41) is 0. The molecule has 1 fully saturated rings. The molecule has 36 heavy (non-hydrogen) atoms. The van der Waals surface area contributed by atoms with Crippen molar-refractivity contribution in [1.29, 1.82) is 0 Å². The van der Waals surface area contributed by atoms with Crippen LogP contribution in [-0.4, -0.2) is 6.61 Å². The summed E-state index contributed by atoms with van der Waals surface area (Å²) in [7, 11) is 0. The number of rotatable bonds is 16. The Balaban J connectivity index is 1.38. The molecule has 0 atom stereocenters. The number of halogens is 2. The lowest BCUT2D eigenvalue weighted by atomic mass is 9.80. The van der Waals surface area contributed by atoms with E-state index in [-0.39, 0.29) is 0 Å². The van der Waals surface area contributed by atoms with Gasteiger partial charge in [0.05, 0.1) is 6.61 Å². The summed E-state index contributed by atoms with van der Waals surface area (Å²) in [5.74, 6) is 0.832. The van der Waals surface area contributed by atoms with Crippen LogP contribution >= 0.6 is 0 Å². The van der Waals surface area contributed by atoms with Gasteiger partial charge in [0, 0.05) is 5.56 Å².